The fourth-order valence-electron chi connectivity index (χ4n) is 1.41. The summed E-state index contributed by atoms with van der Waals surface area (Å²) in [4.78, 5) is 13.1. The van der Waals surface area contributed by atoms with Crippen molar-refractivity contribution in [3.05, 3.63) is 12.7 Å². The molecule has 1 heterocycles. The fourth-order valence-corrected chi connectivity index (χ4v) is 1.41. The zero-order chi connectivity index (χ0) is 11.7. The Morgan fingerprint density at radius 1 is 1.47 bits per heavy atom. The first kappa shape index (κ1) is 14.0. The van der Waals surface area contributed by atoms with Gasteiger partial charge in [-0.15, -0.1) is 0 Å². The molecule has 1 amide bonds. The van der Waals surface area contributed by atoms with Crippen LogP contribution in [0.3, 0.4) is 0 Å². The van der Waals surface area contributed by atoms with Gasteiger partial charge in [-0.1, -0.05) is 33.4 Å². The maximum Gasteiger partial charge on any atom is 0.410 e. The van der Waals surface area contributed by atoms with Crippen molar-refractivity contribution in [2.45, 2.75) is 33.6 Å². The Morgan fingerprint density at radius 3 is 2.47 bits per heavy atom. The molecule has 0 bridgehead atoms. The summed E-state index contributed by atoms with van der Waals surface area (Å²) in [6.45, 7) is 11.7. The molecule has 0 aromatic carbocycles. The van der Waals surface area contributed by atoms with Crippen LogP contribution in [-0.4, -0.2) is 30.7 Å². The Bertz CT molecular complexity index is 184. The van der Waals surface area contributed by atoms with Gasteiger partial charge in [0.2, 0.25) is 0 Å². The van der Waals surface area contributed by atoms with Crippen LogP contribution in [-0.2, 0) is 4.74 Å². The van der Waals surface area contributed by atoms with Gasteiger partial charge in [-0.25, -0.2) is 4.79 Å². The molecule has 0 spiro atoms. The molecule has 3 nitrogen and oxygen atoms in total. The van der Waals surface area contributed by atoms with Crippen LogP contribution < -0.4 is 0 Å². The highest BCUT2D eigenvalue weighted by Crippen LogP contribution is 2.16. The van der Waals surface area contributed by atoms with Crippen LogP contribution in [0.15, 0.2) is 12.7 Å². The van der Waals surface area contributed by atoms with Gasteiger partial charge in [0.25, 0.3) is 0 Å². The summed E-state index contributed by atoms with van der Waals surface area (Å²) < 4.78 is 4.93. The summed E-state index contributed by atoms with van der Waals surface area (Å²) in [5.74, 6) is 0.739. The van der Waals surface area contributed by atoms with E-state index in [2.05, 4.69) is 13.5 Å². The molecule has 0 unspecified atom stereocenters. The van der Waals surface area contributed by atoms with E-state index in [1.165, 1.54) is 0 Å². The molecule has 3 heteroatoms. The normalized spacial score (nSPS) is 16.3. The lowest BCUT2D eigenvalue weighted by atomic mass is 10.00. The average Bonchev–Trinajstić information content (AvgIpc) is 2.29. The van der Waals surface area contributed by atoms with Crippen molar-refractivity contribution in [3.8, 4) is 0 Å². The SMILES string of the molecule is C=CCOC(=O)N1CCC(C)CC1.CC. The molecule has 0 N–H and O–H groups in total. The second-order valence-corrected chi connectivity index (χ2v) is 3.54. The Balaban J connectivity index is 0.000000921. The van der Waals surface area contributed by atoms with Gasteiger partial charge in [-0.3, -0.25) is 0 Å². The molecule has 0 aromatic heterocycles. The Hall–Kier alpha value is -0.990. The zero-order valence-electron chi connectivity index (χ0n) is 10.2. The summed E-state index contributed by atoms with van der Waals surface area (Å²) in [7, 11) is 0. The second kappa shape index (κ2) is 8.33. The minimum Gasteiger partial charge on any atom is -0.445 e. The van der Waals surface area contributed by atoms with E-state index in [0.29, 0.717) is 6.61 Å². The van der Waals surface area contributed by atoms with Crippen molar-refractivity contribution in [2.24, 2.45) is 5.92 Å². The molecule has 1 aliphatic rings. The van der Waals surface area contributed by atoms with Crippen molar-refractivity contribution in [2.75, 3.05) is 19.7 Å². The number of piperidine rings is 1. The van der Waals surface area contributed by atoms with E-state index in [4.69, 9.17) is 4.74 Å². The molecule has 15 heavy (non-hydrogen) atoms. The number of carbonyl (C=O) groups excluding carboxylic acids is 1. The third-order valence-corrected chi connectivity index (χ3v) is 2.37. The summed E-state index contributed by atoms with van der Waals surface area (Å²) in [6, 6.07) is 0. The van der Waals surface area contributed by atoms with Crippen molar-refractivity contribution in [3.63, 3.8) is 0 Å². The molecule has 88 valence electrons. The van der Waals surface area contributed by atoms with Gasteiger partial charge in [-0.2, -0.15) is 0 Å². The molecule has 1 aliphatic heterocycles. The largest absolute Gasteiger partial charge is 0.445 e. The average molecular weight is 213 g/mol. The van der Waals surface area contributed by atoms with E-state index in [-0.39, 0.29) is 6.09 Å². The number of ether oxygens (including phenoxy) is 1. The maximum atomic E-state index is 11.3. The van der Waals surface area contributed by atoms with Gasteiger partial charge in [-0.05, 0) is 18.8 Å². The minimum atomic E-state index is -0.202. The third kappa shape index (κ3) is 5.45. The van der Waals surface area contributed by atoms with E-state index < -0.39 is 0 Å². The first-order chi connectivity index (χ1) is 7.24. The Labute approximate surface area is 93.1 Å². The molecule has 0 radical (unpaired) electrons. The van der Waals surface area contributed by atoms with Crippen molar-refractivity contribution >= 4 is 6.09 Å². The van der Waals surface area contributed by atoms with Gasteiger partial charge in [0.15, 0.2) is 0 Å². The highest BCUT2D eigenvalue weighted by Gasteiger charge is 2.20. The number of nitrogens with zero attached hydrogens (tertiary/aromatic N) is 1. The standard InChI is InChI=1S/C10H17NO2.C2H6/c1-3-8-13-10(12)11-6-4-9(2)5-7-11;1-2/h3,9H,1,4-8H2,2H3;1-2H3. The van der Waals surface area contributed by atoms with Crippen LogP contribution in [0, 0.1) is 5.92 Å². The molecular formula is C12H23NO2. The predicted octanol–water partition coefficient (Wildman–Crippen LogP) is 3.07. The van der Waals surface area contributed by atoms with Crippen molar-refractivity contribution in [1.82, 2.24) is 4.90 Å². The van der Waals surface area contributed by atoms with Gasteiger partial charge < -0.3 is 9.64 Å². The third-order valence-electron chi connectivity index (χ3n) is 2.37. The lowest BCUT2D eigenvalue weighted by molar-refractivity contribution is 0.0979. The van der Waals surface area contributed by atoms with Crippen molar-refractivity contribution in [1.29, 1.82) is 0 Å². The number of hydrogen-bond acceptors (Lipinski definition) is 2. The Morgan fingerprint density at radius 2 is 2.00 bits per heavy atom. The van der Waals surface area contributed by atoms with Gasteiger partial charge in [0.1, 0.15) is 6.61 Å². The van der Waals surface area contributed by atoms with E-state index in [1.807, 2.05) is 13.8 Å². The van der Waals surface area contributed by atoms with E-state index >= 15 is 0 Å². The smallest absolute Gasteiger partial charge is 0.410 e. The molecule has 1 fully saturated rings. The quantitative estimate of drug-likeness (QED) is 0.660. The summed E-state index contributed by atoms with van der Waals surface area (Å²) >= 11 is 0. The fraction of sp³-hybridized carbons (Fsp3) is 0.750. The van der Waals surface area contributed by atoms with Gasteiger partial charge in [0, 0.05) is 13.1 Å². The predicted molar refractivity (Wildman–Crippen MR) is 62.9 cm³/mol. The maximum absolute atomic E-state index is 11.3. The van der Waals surface area contributed by atoms with Crippen LogP contribution in [0.25, 0.3) is 0 Å². The lowest BCUT2D eigenvalue weighted by Gasteiger charge is -2.29. The van der Waals surface area contributed by atoms with E-state index in [9.17, 15) is 4.79 Å². The van der Waals surface area contributed by atoms with E-state index in [0.717, 1.165) is 31.8 Å². The molecule has 0 saturated carbocycles. The Kier molecular flexibility index (Phi) is 7.78. The summed E-state index contributed by atoms with van der Waals surface area (Å²) in [6.07, 6.45) is 3.56. The monoisotopic (exact) mass is 213 g/mol. The van der Waals surface area contributed by atoms with E-state index in [1.54, 1.807) is 11.0 Å². The molecule has 0 atom stereocenters. The van der Waals surface area contributed by atoms with Gasteiger partial charge >= 0.3 is 6.09 Å². The number of rotatable bonds is 2. The summed E-state index contributed by atoms with van der Waals surface area (Å²) in [5, 5.41) is 0. The number of carbonyl (C=O) groups is 1. The first-order valence-electron chi connectivity index (χ1n) is 5.76. The minimum absolute atomic E-state index is 0.202. The number of likely N-dealkylation sites (tertiary alicyclic amines) is 1. The van der Waals surface area contributed by atoms with Crippen LogP contribution in [0.5, 0.6) is 0 Å². The number of hydrogen-bond donors (Lipinski definition) is 0. The van der Waals surface area contributed by atoms with Crippen LogP contribution in [0.1, 0.15) is 33.6 Å². The highest BCUT2D eigenvalue weighted by atomic mass is 16.6. The summed E-state index contributed by atoms with van der Waals surface area (Å²) in [5.41, 5.74) is 0. The van der Waals surface area contributed by atoms with Crippen molar-refractivity contribution < 1.29 is 9.53 Å². The van der Waals surface area contributed by atoms with Crippen LogP contribution >= 0.6 is 0 Å². The number of amides is 1. The highest BCUT2D eigenvalue weighted by molar-refractivity contribution is 5.67. The lowest BCUT2D eigenvalue weighted by Crippen LogP contribution is -2.38. The molecule has 0 aromatic rings. The van der Waals surface area contributed by atoms with Crippen LogP contribution in [0.4, 0.5) is 4.79 Å². The molecular weight excluding hydrogens is 190 g/mol. The van der Waals surface area contributed by atoms with Crippen LogP contribution in [0.2, 0.25) is 0 Å². The first-order valence-corrected chi connectivity index (χ1v) is 5.76. The second-order valence-electron chi connectivity index (χ2n) is 3.54. The molecule has 0 aliphatic carbocycles. The van der Waals surface area contributed by atoms with Gasteiger partial charge in [0.05, 0.1) is 0 Å². The molecule has 1 rings (SSSR count). The zero-order valence-corrected chi connectivity index (χ0v) is 10.2. The molecule has 1 saturated heterocycles. The topological polar surface area (TPSA) is 29.5 Å².